The number of benzene rings is 4. The van der Waals surface area contributed by atoms with E-state index in [9.17, 15) is 28.8 Å². The molecule has 12 nitrogen and oxygen atoms in total. The van der Waals surface area contributed by atoms with Crippen LogP contribution in [0.5, 0.6) is 0 Å². The zero-order valence-electron chi connectivity index (χ0n) is 28.4. The minimum Gasteiger partial charge on any atom is -0.478 e. The zero-order valence-corrected chi connectivity index (χ0v) is 28.4. The van der Waals surface area contributed by atoms with Crippen molar-refractivity contribution in [2.75, 3.05) is 7.11 Å². The quantitative estimate of drug-likeness (QED) is 0.0810. The van der Waals surface area contributed by atoms with E-state index in [2.05, 4.69) is 14.7 Å². The molecule has 53 heavy (non-hydrogen) atoms. The van der Waals surface area contributed by atoms with Crippen molar-refractivity contribution in [2.45, 2.75) is 12.8 Å². The van der Waals surface area contributed by atoms with Crippen molar-refractivity contribution in [3.8, 4) is 22.3 Å². The second-order valence-electron chi connectivity index (χ2n) is 11.8. The Morgan fingerprint density at radius 3 is 1.49 bits per heavy atom. The monoisotopic (exact) mass is 710 g/mol. The maximum absolute atomic E-state index is 12.0. The van der Waals surface area contributed by atoms with Crippen LogP contribution in [-0.4, -0.2) is 57.5 Å². The molecule has 0 aliphatic carbocycles. The van der Waals surface area contributed by atoms with Crippen molar-refractivity contribution < 1.29 is 38.6 Å². The van der Waals surface area contributed by atoms with E-state index >= 15 is 0 Å². The molecule has 0 unspecified atom stereocenters. The Hall–Kier alpha value is -7.34. The first-order chi connectivity index (χ1) is 25.4. The van der Waals surface area contributed by atoms with Crippen molar-refractivity contribution in [3.63, 3.8) is 0 Å². The van der Waals surface area contributed by atoms with Gasteiger partial charge in [-0.05, 0) is 69.8 Å². The highest BCUT2D eigenvalue weighted by Gasteiger charge is 2.14. The number of aromatic nitrogens is 2. The van der Waals surface area contributed by atoms with E-state index in [1.54, 1.807) is 24.5 Å². The summed E-state index contributed by atoms with van der Waals surface area (Å²) < 4.78 is 4.47. The number of hydrogen-bond donors (Lipinski definition) is 5. The molecule has 0 saturated carbocycles. The molecule has 0 atom stereocenters. The molecule has 0 radical (unpaired) electrons. The third kappa shape index (κ3) is 9.07. The van der Waals surface area contributed by atoms with E-state index in [4.69, 9.17) is 16.6 Å². The number of fused-ring (bicyclic) bond motifs is 2. The van der Waals surface area contributed by atoms with E-state index < -0.39 is 23.8 Å². The van der Waals surface area contributed by atoms with Gasteiger partial charge in [0.1, 0.15) is 0 Å². The normalized spacial score (nSPS) is 11.0. The Morgan fingerprint density at radius 2 is 1.08 bits per heavy atom. The van der Waals surface area contributed by atoms with E-state index in [1.165, 1.54) is 13.2 Å². The standard InChI is InChI=1S/C21H18N2O4.C20H16N2O4/c1-27-19(25)8-5-15(24)12-13-3-2-4-14(11-13)16-6-7-18(21(22)26)20-17(16)9-10-23-20;21-20(26)17-6-5-15(16-8-9-22-19(16)17)13-3-1-2-12(10-13)11-14(23)4-7-18(24)25/h2-11,23H,12H2,1H3,(H2,22,26);1-10,22H,11H2,(H2,21,26)(H,24,25)/b8-5+;7-4+. The van der Waals surface area contributed by atoms with E-state index in [1.807, 2.05) is 72.8 Å². The van der Waals surface area contributed by atoms with Gasteiger partial charge in [-0.25, -0.2) is 9.59 Å². The molecule has 0 saturated heterocycles. The molecule has 12 heteroatoms. The highest BCUT2D eigenvalue weighted by molar-refractivity contribution is 6.10. The predicted octanol–water partition coefficient (Wildman–Crippen LogP) is 5.46. The number of methoxy groups -OCH3 is 1. The van der Waals surface area contributed by atoms with Gasteiger partial charge in [-0.1, -0.05) is 60.7 Å². The lowest BCUT2D eigenvalue weighted by atomic mass is 9.96. The summed E-state index contributed by atoms with van der Waals surface area (Å²) in [6.07, 6.45) is 7.97. The first kappa shape index (κ1) is 36.9. The molecule has 0 aliphatic rings. The number of rotatable bonds is 12. The number of hydrogen-bond acceptors (Lipinski definition) is 7. The minimum atomic E-state index is -1.16. The van der Waals surface area contributed by atoms with Crippen LogP contribution in [0.4, 0.5) is 0 Å². The van der Waals surface area contributed by atoms with Crippen LogP contribution < -0.4 is 11.5 Å². The molecule has 266 valence electrons. The van der Waals surface area contributed by atoms with Gasteiger partial charge in [0.2, 0.25) is 0 Å². The van der Waals surface area contributed by atoms with Crippen LogP contribution >= 0.6 is 0 Å². The number of aliphatic carboxylic acids is 1. The summed E-state index contributed by atoms with van der Waals surface area (Å²) in [5, 5.41) is 10.3. The Labute approximate surface area is 302 Å². The van der Waals surface area contributed by atoms with Gasteiger partial charge in [0.25, 0.3) is 11.8 Å². The van der Waals surface area contributed by atoms with Crippen LogP contribution in [0, 0.1) is 0 Å². The van der Waals surface area contributed by atoms with Crippen molar-refractivity contribution in [2.24, 2.45) is 11.5 Å². The Morgan fingerprint density at radius 1 is 0.623 bits per heavy atom. The number of carboxylic acid groups (broad SMARTS) is 1. The number of nitrogens with two attached hydrogens (primary N) is 2. The van der Waals surface area contributed by atoms with Gasteiger partial charge in [-0.2, -0.15) is 0 Å². The average molecular weight is 711 g/mol. The summed E-state index contributed by atoms with van der Waals surface area (Å²) >= 11 is 0. The number of aromatic amines is 2. The maximum atomic E-state index is 12.0. The van der Waals surface area contributed by atoms with Crippen molar-refractivity contribution in [1.29, 1.82) is 0 Å². The number of H-pyrrole nitrogens is 2. The summed E-state index contributed by atoms with van der Waals surface area (Å²) in [6.45, 7) is 0. The van der Waals surface area contributed by atoms with Crippen LogP contribution in [0.25, 0.3) is 44.1 Å². The van der Waals surface area contributed by atoms with E-state index in [-0.39, 0.29) is 24.4 Å². The number of carboxylic acids is 1. The van der Waals surface area contributed by atoms with Gasteiger partial charge in [-0.3, -0.25) is 19.2 Å². The average Bonchev–Trinajstić information content (AvgIpc) is 3.84. The van der Waals surface area contributed by atoms with Crippen molar-refractivity contribution in [3.05, 3.63) is 144 Å². The number of allylic oxidation sites excluding steroid dienone is 2. The summed E-state index contributed by atoms with van der Waals surface area (Å²) in [5.41, 5.74) is 18.3. The molecule has 0 spiro atoms. The van der Waals surface area contributed by atoms with E-state index in [0.717, 1.165) is 62.4 Å². The van der Waals surface area contributed by atoms with Crippen LogP contribution in [0.1, 0.15) is 31.8 Å². The minimum absolute atomic E-state index is 0.104. The zero-order chi connectivity index (χ0) is 38.1. The molecule has 6 aromatic rings. The van der Waals surface area contributed by atoms with E-state index in [0.29, 0.717) is 22.2 Å². The molecule has 2 amide bonds. The summed E-state index contributed by atoms with van der Waals surface area (Å²) in [7, 11) is 1.26. The Balaban J connectivity index is 0.000000204. The molecule has 4 aromatic carbocycles. The van der Waals surface area contributed by atoms with Crippen molar-refractivity contribution in [1.82, 2.24) is 9.97 Å². The third-order valence-electron chi connectivity index (χ3n) is 8.23. The lowest BCUT2D eigenvalue weighted by Crippen LogP contribution is -2.11. The van der Waals surface area contributed by atoms with Crippen molar-refractivity contribution >= 4 is 57.1 Å². The SMILES string of the molecule is COC(=O)/C=C/C(=O)Cc1cccc(-c2ccc(C(N)=O)c3[nH]ccc23)c1.NC(=O)c1ccc(-c2cccc(CC(=O)/C=C/C(=O)O)c2)c2cc[nH]c12. The van der Waals surface area contributed by atoms with Gasteiger partial charge >= 0.3 is 11.9 Å². The lowest BCUT2D eigenvalue weighted by molar-refractivity contribution is -0.135. The van der Waals surface area contributed by atoms with Crippen LogP contribution in [0.3, 0.4) is 0 Å². The van der Waals surface area contributed by atoms with Gasteiger partial charge in [0.15, 0.2) is 11.6 Å². The number of amides is 2. The summed E-state index contributed by atoms with van der Waals surface area (Å²) in [4.78, 5) is 74.7. The second-order valence-corrected chi connectivity index (χ2v) is 11.8. The van der Waals surface area contributed by atoms with Gasteiger partial charge in [0.05, 0.1) is 29.3 Å². The number of nitrogens with one attached hydrogen (secondary N) is 2. The van der Waals surface area contributed by atoms with Crippen LogP contribution in [0.2, 0.25) is 0 Å². The number of primary amides is 2. The Bertz CT molecular complexity index is 2450. The van der Waals surface area contributed by atoms with Gasteiger partial charge < -0.3 is 31.3 Å². The van der Waals surface area contributed by atoms with Gasteiger partial charge in [-0.15, -0.1) is 0 Å². The molecule has 0 bridgehead atoms. The molecule has 0 aliphatic heterocycles. The molecule has 7 N–H and O–H groups in total. The molecule has 0 fully saturated rings. The highest BCUT2D eigenvalue weighted by Crippen LogP contribution is 2.32. The molecular formula is C41H34N4O8. The number of ketones is 2. The predicted molar refractivity (Wildman–Crippen MR) is 200 cm³/mol. The molecule has 6 rings (SSSR count). The smallest absolute Gasteiger partial charge is 0.330 e. The highest BCUT2D eigenvalue weighted by atomic mass is 16.5. The van der Waals surface area contributed by atoms with Crippen LogP contribution in [-0.2, 0) is 36.8 Å². The number of ether oxygens (including phenoxy) is 1. The number of carbonyl (C=O) groups is 6. The fourth-order valence-corrected chi connectivity index (χ4v) is 5.84. The first-order valence-corrected chi connectivity index (χ1v) is 16.2. The topological polar surface area (TPSA) is 215 Å². The largest absolute Gasteiger partial charge is 0.478 e. The van der Waals surface area contributed by atoms with Gasteiger partial charge in [0, 0.05) is 48.2 Å². The maximum Gasteiger partial charge on any atom is 0.330 e. The summed E-state index contributed by atoms with van der Waals surface area (Å²) in [6, 6.07) is 25.7. The first-order valence-electron chi connectivity index (χ1n) is 16.2. The second kappa shape index (κ2) is 16.6. The molecule has 2 heterocycles. The number of esters is 1. The molecular weight excluding hydrogens is 676 g/mol. The fraction of sp³-hybridized carbons (Fsp3) is 0.0732. The van der Waals surface area contributed by atoms with Crippen LogP contribution in [0.15, 0.2) is 122 Å². The fourth-order valence-electron chi connectivity index (χ4n) is 5.84. The Kier molecular flexibility index (Phi) is 11.6. The number of carbonyl (C=O) groups excluding carboxylic acids is 5. The lowest BCUT2D eigenvalue weighted by Gasteiger charge is -2.08. The molecule has 2 aromatic heterocycles. The summed E-state index contributed by atoms with van der Waals surface area (Å²) in [5.74, 6) is -3.22. The third-order valence-corrected chi connectivity index (χ3v) is 8.23.